The van der Waals surface area contributed by atoms with Gasteiger partial charge in [0, 0.05) is 30.1 Å². The maximum absolute atomic E-state index is 12.5. The molecule has 0 aliphatic carbocycles. The van der Waals surface area contributed by atoms with E-state index in [9.17, 15) is 4.79 Å². The number of ether oxygens (including phenoxy) is 1. The normalized spacial score (nSPS) is 10.9. The van der Waals surface area contributed by atoms with Gasteiger partial charge in [0.1, 0.15) is 23.5 Å². The lowest BCUT2D eigenvalue weighted by Gasteiger charge is -2.11. The number of nitrogens with zero attached hydrogens (tertiary/aromatic N) is 3. The molecule has 2 heterocycles. The Kier molecular flexibility index (Phi) is 5.10. The van der Waals surface area contributed by atoms with E-state index in [-0.39, 0.29) is 12.3 Å². The average Bonchev–Trinajstić information content (AvgIpc) is 3.06. The quantitative estimate of drug-likeness (QED) is 0.531. The predicted octanol–water partition coefficient (Wildman–Crippen LogP) is 3.72. The fraction of sp³-hybridized carbons (Fsp3) is 0.174. The molecular formula is C23H23N5O2. The molecule has 30 heavy (non-hydrogen) atoms. The van der Waals surface area contributed by atoms with Gasteiger partial charge in [0.15, 0.2) is 0 Å². The molecule has 0 spiro atoms. The first-order chi connectivity index (χ1) is 14.5. The second-order valence-electron chi connectivity index (χ2n) is 7.18. The molecule has 152 valence electrons. The van der Waals surface area contributed by atoms with Crippen molar-refractivity contribution >= 4 is 28.4 Å². The van der Waals surface area contributed by atoms with Crippen LogP contribution < -0.4 is 15.8 Å². The molecule has 4 rings (SSSR count). The minimum atomic E-state index is -0.102. The summed E-state index contributed by atoms with van der Waals surface area (Å²) in [6, 6.07) is 13.3. The summed E-state index contributed by atoms with van der Waals surface area (Å²) >= 11 is 0. The molecule has 1 amide bonds. The molecule has 3 N–H and O–H groups in total. The number of carbonyl (C=O) groups excluding carboxylic acids is 1. The summed E-state index contributed by atoms with van der Waals surface area (Å²) in [5.41, 5.74) is 11.5. The zero-order chi connectivity index (χ0) is 21.3. The molecular weight excluding hydrogens is 378 g/mol. The van der Waals surface area contributed by atoms with Gasteiger partial charge in [-0.15, -0.1) is 0 Å². The number of nitrogens with one attached hydrogen (secondary N) is 1. The van der Waals surface area contributed by atoms with Gasteiger partial charge in [-0.2, -0.15) is 0 Å². The average molecular weight is 401 g/mol. The van der Waals surface area contributed by atoms with Gasteiger partial charge in [0.25, 0.3) is 0 Å². The first kappa shape index (κ1) is 19.4. The van der Waals surface area contributed by atoms with Gasteiger partial charge in [-0.1, -0.05) is 24.3 Å². The van der Waals surface area contributed by atoms with Gasteiger partial charge in [-0.05, 0) is 36.2 Å². The Morgan fingerprint density at radius 3 is 2.73 bits per heavy atom. The van der Waals surface area contributed by atoms with Crippen LogP contribution in [0.4, 0.5) is 11.5 Å². The highest BCUT2D eigenvalue weighted by Gasteiger charge is 2.16. The number of hydrogen-bond donors (Lipinski definition) is 2. The topological polar surface area (TPSA) is 95.1 Å². The van der Waals surface area contributed by atoms with E-state index >= 15 is 0 Å². The number of benzene rings is 2. The Morgan fingerprint density at radius 1 is 1.17 bits per heavy atom. The molecule has 0 aliphatic rings. The molecule has 0 saturated heterocycles. The van der Waals surface area contributed by atoms with Crippen LogP contribution in [0, 0.1) is 6.92 Å². The molecule has 2 aromatic heterocycles. The minimum absolute atomic E-state index is 0.102. The number of para-hydroxylation sites is 1. The maximum atomic E-state index is 12.5. The summed E-state index contributed by atoms with van der Waals surface area (Å²) in [6.07, 6.45) is 3.70. The molecule has 7 heteroatoms. The van der Waals surface area contributed by atoms with Crippen LogP contribution in [0.2, 0.25) is 0 Å². The number of carbonyl (C=O) groups is 1. The standard InChI is InChI=1S/C23H23N5O2/c1-14-10-16(27-20(29)11-15-6-4-5-7-19(15)30-3)8-9-17(14)18-12-28(2)23-21(18)22(24)25-13-26-23/h4-10,12-13H,11H2,1-3H3,(H,27,29)(H2,24,25,26). The van der Waals surface area contributed by atoms with Gasteiger partial charge in [-0.25, -0.2) is 9.97 Å². The van der Waals surface area contributed by atoms with Crippen LogP contribution in [0.3, 0.4) is 0 Å². The van der Waals surface area contributed by atoms with Gasteiger partial charge >= 0.3 is 0 Å². The number of rotatable bonds is 5. The van der Waals surface area contributed by atoms with Gasteiger partial charge in [0.2, 0.25) is 5.91 Å². The van der Waals surface area contributed by atoms with Crippen LogP contribution in [0.15, 0.2) is 55.0 Å². The fourth-order valence-electron chi connectivity index (χ4n) is 3.71. The number of hydrogen-bond acceptors (Lipinski definition) is 5. The van der Waals surface area contributed by atoms with Crippen molar-refractivity contribution in [3.05, 3.63) is 66.1 Å². The highest BCUT2D eigenvalue weighted by molar-refractivity contribution is 6.01. The number of aryl methyl sites for hydroxylation is 2. The van der Waals surface area contributed by atoms with E-state index in [0.29, 0.717) is 11.6 Å². The smallest absolute Gasteiger partial charge is 0.228 e. The molecule has 0 aliphatic heterocycles. The number of amides is 1. The van der Waals surface area contributed by atoms with Crippen molar-refractivity contribution in [3.63, 3.8) is 0 Å². The first-order valence-electron chi connectivity index (χ1n) is 9.56. The summed E-state index contributed by atoms with van der Waals surface area (Å²) < 4.78 is 7.26. The summed E-state index contributed by atoms with van der Waals surface area (Å²) in [4.78, 5) is 21.0. The van der Waals surface area contributed by atoms with E-state index in [1.54, 1.807) is 7.11 Å². The first-order valence-corrected chi connectivity index (χ1v) is 9.56. The van der Waals surface area contributed by atoms with Gasteiger partial charge in [-0.3, -0.25) is 4.79 Å². The highest BCUT2D eigenvalue weighted by atomic mass is 16.5. The monoisotopic (exact) mass is 401 g/mol. The molecule has 4 aromatic rings. The van der Waals surface area contributed by atoms with Crippen LogP contribution >= 0.6 is 0 Å². The fourth-order valence-corrected chi connectivity index (χ4v) is 3.71. The lowest BCUT2D eigenvalue weighted by molar-refractivity contribution is -0.115. The van der Waals surface area contributed by atoms with Crippen molar-refractivity contribution in [2.24, 2.45) is 7.05 Å². The van der Waals surface area contributed by atoms with E-state index in [2.05, 4.69) is 15.3 Å². The predicted molar refractivity (Wildman–Crippen MR) is 118 cm³/mol. The van der Waals surface area contributed by atoms with Crippen LogP contribution in [-0.4, -0.2) is 27.6 Å². The summed E-state index contributed by atoms with van der Waals surface area (Å²) in [5, 5.41) is 3.80. The number of nitrogens with two attached hydrogens (primary N) is 1. The zero-order valence-corrected chi connectivity index (χ0v) is 17.1. The van der Waals surface area contributed by atoms with Crippen molar-refractivity contribution in [2.45, 2.75) is 13.3 Å². The minimum Gasteiger partial charge on any atom is -0.496 e. The van der Waals surface area contributed by atoms with Crippen LogP contribution in [0.1, 0.15) is 11.1 Å². The van der Waals surface area contributed by atoms with E-state index < -0.39 is 0 Å². The van der Waals surface area contributed by atoms with E-state index in [1.807, 2.05) is 67.2 Å². The van der Waals surface area contributed by atoms with Crippen molar-refractivity contribution < 1.29 is 9.53 Å². The van der Waals surface area contributed by atoms with Gasteiger partial charge in [0.05, 0.1) is 18.9 Å². The van der Waals surface area contributed by atoms with Crippen molar-refractivity contribution in [1.29, 1.82) is 0 Å². The van der Waals surface area contributed by atoms with Crippen molar-refractivity contribution in [1.82, 2.24) is 14.5 Å². The third-order valence-electron chi connectivity index (χ3n) is 5.13. The van der Waals surface area contributed by atoms with Crippen LogP contribution in [0.25, 0.3) is 22.2 Å². The molecule has 7 nitrogen and oxygen atoms in total. The Morgan fingerprint density at radius 2 is 1.97 bits per heavy atom. The van der Waals surface area contributed by atoms with Crippen LogP contribution in [0.5, 0.6) is 5.75 Å². The van der Waals surface area contributed by atoms with Crippen molar-refractivity contribution in [3.8, 4) is 16.9 Å². The lowest BCUT2D eigenvalue weighted by atomic mass is 10.00. The molecule has 0 radical (unpaired) electrons. The van der Waals surface area contributed by atoms with Crippen LogP contribution in [-0.2, 0) is 18.3 Å². The Balaban J connectivity index is 1.59. The molecule has 0 unspecified atom stereocenters. The van der Waals surface area contributed by atoms with E-state index in [4.69, 9.17) is 10.5 Å². The third kappa shape index (κ3) is 3.57. The molecule has 0 bridgehead atoms. The Labute approximate surface area is 174 Å². The van der Waals surface area contributed by atoms with Gasteiger partial charge < -0.3 is 20.4 Å². The second kappa shape index (κ2) is 7.87. The van der Waals surface area contributed by atoms with Crippen molar-refractivity contribution in [2.75, 3.05) is 18.2 Å². The summed E-state index contributed by atoms with van der Waals surface area (Å²) in [5.74, 6) is 1.05. The largest absolute Gasteiger partial charge is 0.496 e. The number of anilines is 2. The summed E-state index contributed by atoms with van der Waals surface area (Å²) in [6.45, 7) is 2.00. The molecule has 0 saturated carbocycles. The Hall–Kier alpha value is -3.87. The number of methoxy groups -OCH3 is 1. The zero-order valence-electron chi connectivity index (χ0n) is 17.1. The SMILES string of the molecule is COc1ccccc1CC(=O)Nc1ccc(-c2cn(C)c3ncnc(N)c23)c(C)c1. The number of nitrogen functional groups attached to an aromatic ring is 1. The summed E-state index contributed by atoms with van der Waals surface area (Å²) in [7, 11) is 3.53. The molecule has 2 aromatic carbocycles. The van der Waals surface area contributed by atoms with E-state index in [0.717, 1.165) is 39.0 Å². The number of fused-ring (bicyclic) bond motifs is 1. The Bertz CT molecular complexity index is 1250. The molecule has 0 fully saturated rings. The second-order valence-corrected chi connectivity index (χ2v) is 7.18. The third-order valence-corrected chi connectivity index (χ3v) is 5.13. The van der Waals surface area contributed by atoms with E-state index in [1.165, 1.54) is 6.33 Å². The number of aromatic nitrogens is 3. The highest BCUT2D eigenvalue weighted by Crippen LogP contribution is 2.34. The maximum Gasteiger partial charge on any atom is 0.228 e. The molecule has 0 atom stereocenters. The lowest BCUT2D eigenvalue weighted by Crippen LogP contribution is -2.15.